The van der Waals surface area contributed by atoms with Crippen molar-refractivity contribution in [3.63, 3.8) is 0 Å². The van der Waals surface area contributed by atoms with Crippen molar-refractivity contribution in [2.24, 2.45) is 5.92 Å². The molecule has 0 aliphatic carbocycles. The van der Waals surface area contributed by atoms with Crippen molar-refractivity contribution in [1.82, 2.24) is 0 Å². The topological polar surface area (TPSA) is 122 Å². The highest BCUT2D eigenvalue weighted by atomic mass is 31.3. The Hall–Kier alpha value is -3.38. The summed E-state index contributed by atoms with van der Waals surface area (Å²) in [4.78, 5) is 32.4. The van der Waals surface area contributed by atoms with Crippen LogP contribution in [0.15, 0.2) is 163 Å². The van der Waals surface area contributed by atoms with E-state index in [-0.39, 0.29) is 12.5 Å². The van der Waals surface area contributed by atoms with Gasteiger partial charge in [0.25, 0.3) is 7.82 Å². The van der Waals surface area contributed by atoms with Gasteiger partial charge in [0.2, 0.25) is 0 Å². The van der Waals surface area contributed by atoms with Crippen LogP contribution < -0.4 is 14.7 Å². The van der Waals surface area contributed by atoms with Crippen molar-refractivity contribution in [3.8, 4) is 0 Å². The predicted molar refractivity (Wildman–Crippen MR) is 364 cm³/mol. The fraction of sp³-hybridized carbons (Fsp3) is 0.627. The second-order valence-corrected chi connectivity index (χ2v) is 27.9. The summed E-state index contributed by atoms with van der Waals surface area (Å²) in [6.07, 6.45) is 65.2. The molecule has 0 fully saturated rings. The van der Waals surface area contributed by atoms with Gasteiger partial charge in [-0.05, 0) is 296 Å². The maximum atomic E-state index is 11.4. The molecule has 0 amide bonds. The van der Waals surface area contributed by atoms with Crippen LogP contribution in [-0.4, -0.2) is 6.61 Å². The van der Waals surface area contributed by atoms with Gasteiger partial charge in [-0.25, -0.2) is 0 Å². The van der Waals surface area contributed by atoms with Crippen LogP contribution in [0.5, 0.6) is 0 Å². The third-order valence-corrected chi connectivity index (χ3v) is 17.8. The van der Waals surface area contributed by atoms with E-state index in [0.29, 0.717) is 6.42 Å². The zero-order valence-corrected chi connectivity index (χ0v) is 58.4. The van der Waals surface area contributed by atoms with Crippen molar-refractivity contribution in [2.75, 3.05) is 6.61 Å². The van der Waals surface area contributed by atoms with E-state index in [4.69, 9.17) is 0 Å². The van der Waals surface area contributed by atoms with Gasteiger partial charge in [0, 0.05) is 0 Å². The zero-order chi connectivity index (χ0) is 63.2. The molecule has 0 aromatic heterocycles. The molecule has 0 aliphatic rings. The first-order valence-electron chi connectivity index (χ1n) is 32.5. The van der Waals surface area contributed by atoms with E-state index in [2.05, 4.69) is 198 Å². The number of allylic oxidation sites excluding steroid dienone is 28. The molecule has 0 bridgehead atoms. The first-order valence-corrected chi connectivity index (χ1v) is 35.4. The maximum absolute atomic E-state index is 11.4. The van der Waals surface area contributed by atoms with Crippen LogP contribution in [0.1, 0.15) is 297 Å². The summed E-state index contributed by atoms with van der Waals surface area (Å²) in [5.41, 5.74) is 20.7. The van der Waals surface area contributed by atoms with Gasteiger partial charge in [-0.15, -0.1) is 0 Å². The lowest BCUT2D eigenvalue weighted by Gasteiger charge is -2.35. The second kappa shape index (κ2) is 49.6. The molecule has 84 heavy (non-hydrogen) atoms. The fourth-order valence-corrected chi connectivity index (χ4v) is 11.2. The van der Waals surface area contributed by atoms with Gasteiger partial charge in [0.15, 0.2) is 0 Å². The molecule has 0 radical (unpaired) electrons. The van der Waals surface area contributed by atoms with Crippen molar-refractivity contribution in [3.05, 3.63) is 163 Å². The molecule has 478 valence electrons. The van der Waals surface area contributed by atoms with Crippen LogP contribution in [0.2, 0.25) is 0 Å². The number of hydrogen-bond donors (Lipinski definition) is 0. The Kier molecular flexibility index (Phi) is 47.6. The van der Waals surface area contributed by atoms with Gasteiger partial charge in [-0.2, -0.15) is 0 Å². The van der Waals surface area contributed by atoms with Crippen molar-refractivity contribution in [2.45, 2.75) is 297 Å². The van der Waals surface area contributed by atoms with Crippen LogP contribution in [0.25, 0.3) is 0 Å². The largest absolute Gasteiger partial charge is 0.790 e. The molecular weight excluding hydrogens is 1070 g/mol. The average Bonchev–Trinajstić information content (AvgIpc) is 3.40. The Labute approximate surface area is 518 Å². The lowest BCUT2D eigenvalue weighted by molar-refractivity contribution is -0.339. The van der Waals surface area contributed by atoms with E-state index in [1.54, 1.807) is 0 Å². The third-order valence-electron chi connectivity index (χ3n) is 15.7. The first-order chi connectivity index (χ1) is 39.6. The van der Waals surface area contributed by atoms with Crippen molar-refractivity contribution >= 4 is 15.6 Å². The quantitative estimate of drug-likeness (QED) is 0.0439. The molecular formula is C75H123O7P2-3. The van der Waals surface area contributed by atoms with Crippen molar-refractivity contribution in [1.29, 1.82) is 0 Å². The molecule has 0 aromatic carbocycles. The van der Waals surface area contributed by atoms with Gasteiger partial charge >= 0.3 is 0 Å². The van der Waals surface area contributed by atoms with Crippen molar-refractivity contribution < 1.29 is 32.6 Å². The van der Waals surface area contributed by atoms with Crippen LogP contribution in [-0.2, 0) is 18.0 Å². The molecule has 0 aromatic rings. The minimum atomic E-state index is -5.66. The Bertz CT molecular complexity index is 2410. The van der Waals surface area contributed by atoms with Crippen LogP contribution in [0.3, 0.4) is 0 Å². The summed E-state index contributed by atoms with van der Waals surface area (Å²) in [7, 11) is -10.8. The highest BCUT2D eigenvalue weighted by molar-refractivity contribution is 7.58. The predicted octanol–water partition coefficient (Wildman–Crippen LogP) is 23.5. The molecule has 0 heterocycles. The van der Waals surface area contributed by atoms with Gasteiger partial charge < -0.3 is 23.8 Å². The Balaban J connectivity index is 4.33. The van der Waals surface area contributed by atoms with Crippen LogP contribution in [0, 0.1) is 5.92 Å². The van der Waals surface area contributed by atoms with Crippen LogP contribution in [0.4, 0.5) is 0 Å². The number of phosphoric ester groups is 1. The molecule has 2 atom stereocenters. The monoisotopic (exact) mass is 1200 g/mol. The molecule has 0 N–H and O–H groups in total. The van der Waals surface area contributed by atoms with E-state index in [1.807, 2.05) is 6.92 Å². The molecule has 0 saturated carbocycles. The van der Waals surface area contributed by atoms with E-state index in [1.165, 1.54) is 97.3 Å². The lowest BCUT2D eigenvalue weighted by atomic mass is 10.0. The normalized spacial score (nSPS) is 16.0. The summed E-state index contributed by atoms with van der Waals surface area (Å²) >= 11 is 0. The molecule has 9 heteroatoms. The van der Waals surface area contributed by atoms with E-state index < -0.39 is 15.6 Å². The average molecular weight is 1200 g/mol. The minimum absolute atomic E-state index is 0.160. The first kappa shape index (κ1) is 80.6. The Morgan fingerprint density at radius 3 is 0.655 bits per heavy atom. The Morgan fingerprint density at radius 2 is 0.476 bits per heavy atom. The molecule has 0 saturated heterocycles. The minimum Gasteiger partial charge on any atom is -0.790 e. The number of hydrogen-bond acceptors (Lipinski definition) is 7. The number of phosphoric acid groups is 2. The molecule has 2 unspecified atom stereocenters. The smallest absolute Gasteiger partial charge is 0.271 e. The van der Waals surface area contributed by atoms with E-state index in [9.17, 15) is 23.8 Å². The highest BCUT2D eigenvalue weighted by Gasteiger charge is 2.13. The zero-order valence-electron chi connectivity index (χ0n) is 56.6. The van der Waals surface area contributed by atoms with Crippen LogP contribution >= 0.6 is 15.6 Å². The van der Waals surface area contributed by atoms with Gasteiger partial charge in [0.05, 0.1) is 14.4 Å². The second-order valence-electron chi connectivity index (χ2n) is 25.2. The summed E-state index contributed by atoms with van der Waals surface area (Å²) in [5.74, 6) is 0.160. The van der Waals surface area contributed by atoms with Gasteiger partial charge in [0.1, 0.15) is 0 Å². The summed E-state index contributed by atoms with van der Waals surface area (Å²) in [6, 6.07) is 0. The summed E-state index contributed by atoms with van der Waals surface area (Å²) in [6.45, 7) is 35.7. The number of rotatable bonds is 48. The summed E-state index contributed by atoms with van der Waals surface area (Å²) in [5, 5.41) is 0. The van der Waals surface area contributed by atoms with Gasteiger partial charge in [-0.3, -0.25) is 8.88 Å². The third kappa shape index (κ3) is 54.0. The molecule has 0 spiro atoms. The van der Waals surface area contributed by atoms with E-state index >= 15 is 0 Å². The maximum Gasteiger partial charge on any atom is 0.271 e. The fourth-order valence-electron chi connectivity index (χ4n) is 9.74. The standard InChI is InChI=1S/C75H126O7P2/c1-61(2)31-17-32-62(3)33-18-34-63(4)35-19-36-64(5)37-20-38-65(6)39-21-40-66(7)41-22-42-67(8)43-23-44-68(9)45-24-46-69(10)47-25-48-70(11)49-26-50-71(12)51-27-52-72(13)53-28-54-73(14)55-29-56-74(15)57-30-58-75(16)59-60-81-84(79,80)82-83(76,77)78/h31,33,35,37,39,41,43,45,47,49,51,53,55,57,75H,17-30,32,34,36,38,40,42,44,46,48,50,52,54,56,58-60H2,1-16H3,(H,79,80)(H2,76,77,78)/p-3/b62-33+,63-35+,64-37-,65-39-,66-41-,67-43-,68-45-,69-47-,70-49-,71-51-,72-53-,73-55-,74-57-. The lowest BCUT2D eigenvalue weighted by Crippen LogP contribution is -2.19. The molecule has 7 nitrogen and oxygen atoms in total. The SMILES string of the molecule is CC(C)=CCC/C(C)=C/CC/C(C)=C/CC/C(C)=C\CC/C(C)=C\CC/C(C)=C\CC/C(C)=C\CC/C(C)=C\CC/C(C)=C\CC/C(C)=C\CC/C(C)=C\CC/C(C)=C\CC/C(C)=C\CC/C(C)=C\CCC(C)CCOP(=O)([O-])OP(=O)([O-])[O-]. The summed E-state index contributed by atoms with van der Waals surface area (Å²) < 4.78 is 29.9. The molecule has 0 aliphatic heterocycles. The van der Waals surface area contributed by atoms with Gasteiger partial charge in [-0.1, -0.05) is 170 Å². The highest BCUT2D eigenvalue weighted by Crippen LogP contribution is 2.50. The molecule has 0 rings (SSSR count). The Morgan fingerprint density at radius 1 is 0.298 bits per heavy atom. The van der Waals surface area contributed by atoms with E-state index in [0.717, 1.165) is 161 Å².